The zero-order valence-corrected chi connectivity index (χ0v) is 16.2. The summed E-state index contributed by atoms with van der Waals surface area (Å²) in [5.74, 6) is 1.18. The quantitative estimate of drug-likeness (QED) is 0.437. The number of aromatic nitrogens is 4. The van der Waals surface area contributed by atoms with Crippen molar-refractivity contribution in [1.29, 1.82) is 0 Å². The molecule has 5 nitrogen and oxygen atoms in total. The van der Waals surface area contributed by atoms with Crippen molar-refractivity contribution in [3.63, 3.8) is 0 Å². The fraction of sp³-hybridized carbons (Fsp3) is 0.100. The summed E-state index contributed by atoms with van der Waals surface area (Å²) >= 11 is 12.0. The Kier molecular flexibility index (Phi) is 4.64. The lowest BCUT2D eigenvalue weighted by atomic mass is 10.3. The zero-order valence-electron chi connectivity index (χ0n) is 14.7. The van der Waals surface area contributed by atoms with E-state index in [1.807, 2.05) is 74.5 Å². The second kappa shape index (κ2) is 7.10. The van der Waals surface area contributed by atoms with Crippen molar-refractivity contribution in [3.8, 4) is 23.1 Å². The van der Waals surface area contributed by atoms with Crippen molar-refractivity contribution in [2.75, 3.05) is 0 Å². The Morgan fingerprint density at radius 2 is 1.04 bits per heavy atom. The van der Waals surface area contributed by atoms with Crippen LogP contribution in [-0.2, 0) is 0 Å². The average molecular weight is 399 g/mol. The van der Waals surface area contributed by atoms with Crippen LogP contribution in [0.25, 0.3) is 11.4 Å². The summed E-state index contributed by atoms with van der Waals surface area (Å²) in [6.07, 6.45) is 0. The molecule has 0 spiro atoms. The van der Waals surface area contributed by atoms with Crippen molar-refractivity contribution in [2.45, 2.75) is 13.8 Å². The van der Waals surface area contributed by atoms with E-state index in [1.54, 1.807) is 9.36 Å². The number of benzene rings is 2. The number of nitrogens with zero attached hydrogens (tertiary/aromatic N) is 4. The molecule has 4 aromatic rings. The van der Waals surface area contributed by atoms with Gasteiger partial charge in [-0.1, -0.05) is 23.2 Å². The molecule has 2 aromatic heterocycles. The predicted octanol–water partition coefficient (Wildman–Crippen LogP) is 5.77. The monoisotopic (exact) mass is 398 g/mol. The van der Waals surface area contributed by atoms with Gasteiger partial charge in [-0.3, -0.25) is 0 Å². The van der Waals surface area contributed by atoms with Crippen molar-refractivity contribution in [2.24, 2.45) is 0 Å². The minimum absolute atomic E-state index is 0.588. The third kappa shape index (κ3) is 3.70. The van der Waals surface area contributed by atoms with Crippen LogP contribution in [0, 0.1) is 13.8 Å². The van der Waals surface area contributed by atoms with E-state index in [2.05, 4.69) is 10.2 Å². The Labute approximate surface area is 166 Å². The lowest BCUT2D eigenvalue weighted by Gasteiger charge is -2.11. The van der Waals surface area contributed by atoms with Gasteiger partial charge in [0.25, 0.3) is 0 Å². The summed E-state index contributed by atoms with van der Waals surface area (Å²) in [5, 5.41) is 10.4. The van der Waals surface area contributed by atoms with Gasteiger partial charge in [-0.05, 0) is 62.4 Å². The van der Waals surface area contributed by atoms with Gasteiger partial charge >= 0.3 is 0 Å². The molecule has 7 heteroatoms. The fourth-order valence-corrected chi connectivity index (χ4v) is 2.99. The van der Waals surface area contributed by atoms with Crippen LogP contribution >= 0.6 is 23.2 Å². The van der Waals surface area contributed by atoms with Crippen LogP contribution in [0.1, 0.15) is 11.4 Å². The van der Waals surface area contributed by atoms with Gasteiger partial charge in [-0.15, -0.1) is 0 Å². The van der Waals surface area contributed by atoms with E-state index in [0.717, 1.165) is 22.8 Å². The fourth-order valence-electron chi connectivity index (χ4n) is 2.74. The van der Waals surface area contributed by atoms with Gasteiger partial charge in [0.05, 0.1) is 22.8 Å². The number of halogens is 2. The summed E-state index contributed by atoms with van der Waals surface area (Å²) < 4.78 is 9.66. The molecule has 2 heterocycles. The molecule has 0 amide bonds. The maximum absolute atomic E-state index is 6.19. The molecule has 136 valence electrons. The first kappa shape index (κ1) is 17.6. The minimum Gasteiger partial charge on any atom is -0.420 e. The van der Waals surface area contributed by atoms with Crippen LogP contribution in [0.4, 0.5) is 0 Å². The molecule has 4 rings (SSSR count). The molecule has 0 saturated heterocycles. The zero-order chi connectivity index (χ0) is 19.0. The maximum Gasteiger partial charge on any atom is 0.224 e. The maximum atomic E-state index is 6.19. The lowest BCUT2D eigenvalue weighted by molar-refractivity contribution is 0.413. The van der Waals surface area contributed by atoms with E-state index in [1.165, 1.54) is 0 Å². The topological polar surface area (TPSA) is 44.9 Å². The molecule has 0 saturated carbocycles. The molecule has 0 unspecified atom stereocenters. The summed E-state index contributed by atoms with van der Waals surface area (Å²) in [4.78, 5) is 0. The highest BCUT2D eigenvalue weighted by atomic mass is 35.5. The van der Waals surface area contributed by atoms with Crippen LogP contribution in [0.3, 0.4) is 0 Å². The first-order valence-corrected chi connectivity index (χ1v) is 9.08. The number of rotatable bonds is 4. The summed E-state index contributed by atoms with van der Waals surface area (Å²) in [6, 6.07) is 18.6. The van der Waals surface area contributed by atoms with Gasteiger partial charge in [0, 0.05) is 22.2 Å². The molecular weight excluding hydrogens is 383 g/mol. The number of ether oxygens (including phenoxy) is 1. The summed E-state index contributed by atoms with van der Waals surface area (Å²) in [5.41, 5.74) is 3.40. The number of hydrogen-bond acceptors (Lipinski definition) is 3. The van der Waals surface area contributed by atoms with Crippen LogP contribution in [0.15, 0.2) is 60.7 Å². The van der Waals surface area contributed by atoms with Crippen molar-refractivity contribution < 1.29 is 4.74 Å². The van der Waals surface area contributed by atoms with Crippen LogP contribution in [-0.4, -0.2) is 19.6 Å². The van der Waals surface area contributed by atoms with Gasteiger partial charge in [0.2, 0.25) is 11.8 Å². The van der Waals surface area contributed by atoms with E-state index in [4.69, 9.17) is 27.9 Å². The molecular formula is C20H16Cl2N4O. The Balaban J connectivity index is 1.73. The standard InChI is InChI=1S/C20H16Cl2N4O/c1-13-11-19(25(23-13)17-7-3-15(21)4-8-17)27-20-12-14(2)24-26(20)18-9-5-16(22)6-10-18/h3-12H,1-2H3. The Bertz CT molecular complexity index is 995. The SMILES string of the molecule is Cc1cc(Oc2cc(C)nn2-c2ccc(Cl)cc2)n(-c2ccc(Cl)cc2)n1. The van der Waals surface area contributed by atoms with E-state index in [9.17, 15) is 0 Å². The third-order valence-corrected chi connectivity index (χ3v) is 4.45. The molecule has 0 bridgehead atoms. The van der Waals surface area contributed by atoms with Crippen LogP contribution in [0.5, 0.6) is 11.8 Å². The summed E-state index contributed by atoms with van der Waals surface area (Å²) in [7, 11) is 0. The molecule has 27 heavy (non-hydrogen) atoms. The van der Waals surface area contributed by atoms with E-state index in [0.29, 0.717) is 21.8 Å². The van der Waals surface area contributed by atoms with E-state index in [-0.39, 0.29) is 0 Å². The molecule has 0 N–H and O–H groups in total. The molecule has 0 radical (unpaired) electrons. The van der Waals surface area contributed by atoms with Gasteiger partial charge in [0.1, 0.15) is 0 Å². The predicted molar refractivity (Wildman–Crippen MR) is 107 cm³/mol. The highest BCUT2D eigenvalue weighted by Crippen LogP contribution is 2.28. The Morgan fingerprint density at radius 3 is 1.41 bits per heavy atom. The molecule has 0 aliphatic heterocycles. The lowest BCUT2D eigenvalue weighted by Crippen LogP contribution is -2.03. The molecule has 0 aliphatic carbocycles. The molecule has 2 aromatic carbocycles. The minimum atomic E-state index is 0.588. The normalized spacial score (nSPS) is 11.0. The van der Waals surface area contributed by atoms with Crippen molar-refractivity contribution in [1.82, 2.24) is 19.6 Å². The Hall–Kier alpha value is -2.76. The largest absolute Gasteiger partial charge is 0.420 e. The summed E-state index contributed by atoms with van der Waals surface area (Å²) in [6.45, 7) is 3.84. The highest BCUT2D eigenvalue weighted by Gasteiger charge is 2.15. The first-order valence-electron chi connectivity index (χ1n) is 8.33. The van der Waals surface area contributed by atoms with Crippen molar-refractivity contribution in [3.05, 3.63) is 82.1 Å². The number of aryl methyl sites for hydroxylation is 2. The third-order valence-electron chi connectivity index (χ3n) is 3.95. The second-order valence-electron chi connectivity index (χ2n) is 6.13. The number of hydrogen-bond donors (Lipinski definition) is 0. The van der Waals surface area contributed by atoms with Crippen LogP contribution < -0.4 is 4.74 Å². The first-order chi connectivity index (χ1) is 13.0. The molecule has 0 fully saturated rings. The van der Waals surface area contributed by atoms with Gasteiger partial charge < -0.3 is 4.74 Å². The second-order valence-corrected chi connectivity index (χ2v) is 7.00. The highest BCUT2D eigenvalue weighted by molar-refractivity contribution is 6.30. The average Bonchev–Trinajstić information content (AvgIpc) is 3.19. The molecule has 0 atom stereocenters. The van der Waals surface area contributed by atoms with E-state index >= 15 is 0 Å². The van der Waals surface area contributed by atoms with E-state index < -0.39 is 0 Å². The van der Waals surface area contributed by atoms with Gasteiger partial charge in [-0.25, -0.2) is 9.36 Å². The van der Waals surface area contributed by atoms with Gasteiger partial charge in [-0.2, -0.15) is 10.2 Å². The van der Waals surface area contributed by atoms with Crippen molar-refractivity contribution >= 4 is 23.2 Å². The molecule has 0 aliphatic rings. The smallest absolute Gasteiger partial charge is 0.224 e. The van der Waals surface area contributed by atoms with Gasteiger partial charge in [0.15, 0.2) is 0 Å². The Morgan fingerprint density at radius 1 is 0.667 bits per heavy atom. The van der Waals surface area contributed by atoms with Crippen LogP contribution in [0.2, 0.25) is 10.0 Å².